The quantitative estimate of drug-likeness (QED) is 0.419. The Kier molecular flexibility index (Phi) is 8.83. The third-order valence-corrected chi connectivity index (χ3v) is 6.09. The van der Waals surface area contributed by atoms with Gasteiger partial charge in [0.15, 0.2) is 0 Å². The van der Waals surface area contributed by atoms with E-state index in [1.165, 1.54) is 7.11 Å². The fourth-order valence-corrected chi connectivity index (χ4v) is 4.20. The summed E-state index contributed by atoms with van der Waals surface area (Å²) in [6.45, 7) is 1.95. The molecule has 1 aliphatic carbocycles. The Morgan fingerprint density at radius 2 is 1.57 bits per heavy atom. The molecule has 2 atom stereocenters. The zero-order valence-corrected chi connectivity index (χ0v) is 19.8. The fraction of sp³-hybridized carbons (Fsp3) is 0.385. The van der Waals surface area contributed by atoms with Crippen LogP contribution in [0.4, 0.5) is 4.79 Å². The van der Waals surface area contributed by atoms with Gasteiger partial charge in [0, 0.05) is 24.8 Å². The maximum atomic E-state index is 12.5. The average Bonchev–Trinajstić information content (AvgIpc) is 3.18. The zero-order valence-electron chi connectivity index (χ0n) is 19.8. The number of amides is 2. The van der Waals surface area contributed by atoms with Crippen molar-refractivity contribution in [3.8, 4) is 11.1 Å². The number of rotatable bonds is 11. The van der Waals surface area contributed by atoms with Crippen molar-refractivity contribution in [2.24, 2.45) is 0 Å². The number of carboxylic acids is 1. The molecule has 2 aromatic rings. The van der Waals surface area contributed by atoms with Gasteiger partial charge in [-0.25, -0.2) is 9.59 Å². The Hall–Kier alpha value is -3.88. The van der Waals surface area contributed by atoms with Gasteiger partial charge in [-0.3, -0.25) is 9.59 Å². The van der Waals surface area contributed by atoms with E-state index >= 15 is 0 Å². The van der Waals surface area contributed by atoms with Gasteiger partial charge in [-0.1, -0.05) is 55.5 Å². The van der Waals surface area contributed by atoms with Crippen LogP contribution in [0.2, 0.25) is 0 Å². The topological polar surface area (TPSA) is 131 Å². The van der Waals surface area contributed by atoms with E-state index < -0.39 is 36.0 Å². The van der Waals surface area contributed by atoms with E-state index in [1.54, 1.807) is 6.92 Å². The maximum absolute atomic E-state index is 12.5. The molecule has 0 radical (unpaired) electrons. The third kappa shape index (κ3) is 6.59. The van der Waals surface area contributed by atoms with E-state index in [4.69, 9.17) is 4.74 Å². The highest BCUT2D eigenvalue weighted by Gasteiger charge is 2.29. The van der Waals surface area contributed by atoms with Crippen molar-refractivity contribution < 1.29 is 33.8 Å². The maximum Gasteiger partial charge on any atom is 0.407 e. The first kappa shape index (κ1) is 25.7. The molecule has 9 nitrogen and oxygen atoms in total. The summed E-state index contributed by atoms with van der Waals surface area (Å²) in [5, 5.41) is 14.4. The Morgan fingerprint density at radius 3 is 2.11 bits per heavy atom. The van der Waals surface area contributed by atoms with Gasteiger partial charge in [-0.15, -0.1) is 0 Å². The summed E-state index contributed by atoms with van der Waals surface area (Å²) in [5.41, 5.74) is 4.44. The first-order valence-electron chi connectivity index (χ1n) is 11.5. The normalized spacial score (nSPS) is 13.7. The molecule has 2 aromatic carbocycles. The molecule has 0 spiro atoms. The second-order valence-electron chi connectivity index (χ2n) is 8.35. The highest BCUT2D eigenvalue weighted by atomic mass is 16.5. The Bertz CT molecular complexity index is 1040. The van der Waals surface area contributed by atoms with E-state index in [-0.39, 0.29) is 31.8 Å². The summed E-state index contributed by atoms with van der Waals surface area (Å²) in [7, 11) is 1.21. The number of alkyl carbamates (subject to hydrolysis) is 1. The molecule has 35 heavy (non-hydrogen) atoms. The molecule has 0 fully saturated rings. The lowest BCUT2D eigenvalue weighted by Crippen LogP contribution is -2.45. The Labute approximate surface area is 203 Å². The number of carboxylic acid groups (broad SMARTS) is 1. The van der Waals surface area contributed by atoms with E-state index in [0.29, 0.717) is 6.42 Å². The van der Waals surface area contributed by atoms with Gasteiger partial charge in [0.05, 0.1) is 7.11 Å². The smallest absolute Gasteiger partial charge is 0.407 e. The summed E-state index contributed by atoms with van der Waals surface area (Å²) >= 11 is 0. The number of fused-ring (bicyclic) bond motifs is 3. The molecule has 3 rings (SSSR count). The zero-order chi connectivity index (χ0) is 25.4. The van der Waals surface area contributed by atoms with Crippen LogP contribution in [0.1, 0.15) is 49.7 Å². The number of carbonyl (C=O) groups is 4. The Balaban J connectivity index is 1.53. The summed E-state index contributed by atoms with van der Waals surface area (Å²) in [6.07, 6.45) is -0.556. The van der Waals surface area contributed by atoms with Crippen LogP contribution in [0.25, 0.3) is 11.1 Å². The number of hydrogen-bond acceptors (Lipinski definition) is 6. The van der Waals surface area contributed by atoms with Crippen LogP contribution in [0, 0.1) is 0 Å². The van der Waals surface area contributed by atoms with Crippen LogP contribution in [-0.4, -0.2) is 54.8 Å². The number of aliphatic carboxylic acids is 1. The highest BCUT2D eigenvalue weighted by Crippen LogP contribution is 2.44. The van der Waals surface area contributed by atoms with E-state index in [1.807, 2.05) is 36.4 Å². The second kappa shape index (κ2) is 12.0. The number of esters is 1. The van der Waals surface area contributed by atoms with Gasteiger partial charge >= 0.3 is 18.0 Å². The highest BCUT2D eigenvalue weighted by molar-refractivity contribution is 5.84. The number of ether oxygens (including phenoxy) is 2. The molecule has 0 heterocycles. The lowest BCUT2D eigenvalue weighted by atomic mass is 9.98. The number of methoxy groups -OCH3 is 1. The van der Waals surface area contributed by atoms with Crippen LogP contribution in [0.3, 0.4) is 0 Å². The molecule has 9 heteroatoms. The summed E-state index contributed by atoms with van der Waals surface area (Å²) in [6, 6.07) is 14.3. The van der Waals surface area contributed by atoms with Crippen LogP contribution in [-0.2, 0) is 23.9 Å². The van der Waals surface area contributed by atoms with Gasteiger partial charge in [-0.05, 0) is 35.1 Å². The van der Waals surface area contributed by atoms with E-state index in [2.05, 4.69) is 27.5 Å². The minimum absolute atomic E-state index is 0.0809. The predicted molar refractivity (Wildman–Crippen MR) is 128 cm³/mol. The van der Waals surface area contributed by atoms with Crippen LogP contribution >= 0.6 is 0 Å². The summed E-state index contributed by atoms with van der Waals surface area (Å²) in [4.78, 5) is 47.6. The lowest BCUT2D eigenvalue weighted by Gasteiger charge is -2.20. The third-order valence-electron chi connectivity index (χ3n) is 6.09. The van der Waals surface area contributed by atoms with Crippen LogP contribution < -0.4 is 10.6 Å². The van der Waals surface area contributed by atoms with Crippen molar-refractivity contribution in [3.05, 3.63) is 59.7 Å². The molecule has 0 saturated heterocycles. The van der Waals surface area contributed by atoms with Crippen LogP contribution in [0.15, 0.2) is 48.5 Å². The van der Waals surface area contributed by atoms with Crippen LogP contribution in [0.5, 0.6) is 0 Å². The molecule has 0 saturated carbocycles. The number of benzene rings is 2. The molecular weight excluding hydrogens is 452 g/mol. The number of nitrogens with one attached hydrogen (secondary N) is 2. The van der Waals surface area contributed by atoms with E-state index in [0.717, 1.165) is 22.3 Å². The van der Waals surface area contributed by atoms with Gasteiger partial charge in [0.25, 0.3) is 0 Å². The van der Waals surface area contributed by atoms with Gasteiger partial charge < -0.3 is 25.2 Å². The summed E-state index contributed by atoms with van der Waals surface area (Å²) in [5.74, 6) is -2.44. The van der Waals surface area contributed by atoms with Crippen molar-refractivity contribution in [1.29, 1.82) is 0 Å². The van der Waals surface area contributed by atoms with Gasteiger partial charge in [0.2, 0.25) is 5.91 Å². The first-order valence-corrected chi connectivity index (χ1v) is 11.5. The molecule has 186 valence electrons. The van der Waals surface area contributed by atoms with Crippen molar-refractivity contribution in [3.63, 3.8) is 0 Å². The molecule has 0 aromatic heterocycles. The minimum Gasteiger partial charge on any atom is -0.480 e. The molecular formula is C26H30N2O7. The Morgan fingerprint density at radius 1 is 0.971 bits per heavy atom. The largest absolute Gasteiger partial charge is 0.480 e. The van der Waals surface area contributed by atoms with Crippen molar-refractivity contribution >= 4 is 23.9 Å². The molecule has 0 aliphatic heterocycles. The van der Waals surface area contributed by atoms with Crippen molar-refractivity contribution in [2.75, 3.05) is 13.7 Å². The van der Waals surface area contributed by atoms with Gasteiger partial charge in [-0.2, -0.15) is 0 Å². The van der Waals surface area contributed by atoms with E-state index in [9.17, 15) is 24.3 Å². The molecule has 0 unspecified atom stereocenters. The number of hydrogen-bond donors (Lipinski definition) is 3. The predicted octanol–water partition coefficient (Wildman–Crippen LogP) is 3.22. The van der Waals surface area contributed by atoms with Gasteiger partial charge in [0.1, 0.15) is 12.6 Å². The lowest BCUT2D eigenvalue weighted by molar-refractivity contribution is -0.144. The standard InChI is InChI=1S/C26H30N2O7/c1-3-16(14-23(29)28-22(25(31)32)12-13-24(30)34-2)27-26(33)35-15-21-19-10-6-4-8-17(19)18-9-5-7-11-20(18)21/h4-11,16,21-22H,3,12-15H2,1-2H3,(H,27,33)(H,28,29)(H,31,32)/t16-,22-/m0/s1. The van der Waals surface area contributed by atoms with Crippen molar-refractivity contribution in [2.45, 2.75) is 50.6 Å². The molecule has 1 aliphatic rings. The SMILES string of the molecule is CC[C@@H](CC(=O)N[C@@H](CCC(=O)OC)C(=O)O)NC(=O)OCC1c2ccccc2-c2ccccc21. The van der Waals surface area contributed by atoms with Crippen molar-refractivity contribution in [1.82, 2.24) is 10.6 Å². The minimum atomic E-state index is -1.25. The number of carbonyl (C=O) groups excluding carboxylic acids is 3. The molecule has 3 N–H and O–H groups in total. The molecule has 0 bridgehead atoms. The monoisotopic (exact) mass is 482 g/mol. The first-order chi connectivity index (χ1) is 16.8. The fourth-order valence-electron chi connectivity index (χ4n) is 4.20. The second-order valence-corrected chi connectivity index (χ2v) is 8.35. The summed E-state index contributed by atoms with van der Waals surface area (Å²) < 4.78 is 10.0. The molecule has 2 amide bonds. The average molecular weight is 483 g/mol.